The highest BCUT2D eigenvalue weighted by Gasteiger charge is 2.11. The van der Waals surface area contributed by atoms with Gasteiger partial charge in [0.25, 0.3) is 0 Å². The van der Waals surface area contributed by atoms with Crippen LogP contribution >= 0.6 is 23.5 Å². The highest BCUT2D eigenvalue weighted by molar-refractivity contribution is 8.00. The molecule has 0 aliphatic heterocycles. The van der Waals surface area contributed by atoms with E-state index in [-0.39, 0.29) is 17.4 Å². The fourth-order valence-corrected chi connectivity index (χ4v) is 4.05. The molecule has 3 N–H and O–H groups in total. The SMILES string of the molecule is Cc1nc(SCC(=O)Nc2ccccc2SCC(N)=O)c2ccccc2n1. The molecule has 0 bridgehead atoms. The van der Waals surface area contributed by atoms with Crippen molar-refractivity contribution in [3.8, 4) is 0 Å². The number of primary amides is 1. The normalized spacial score (nSPS) is 10.7. The van der Waals surface area contributed by atoms with Gasteiger partial charge < -0.3 is 11.1 Å². The maximum atomic E-state index is 12.4. The number of aryl methyl sites for hydroxylation is 1. The van der Waals surface area contributed by atoms with E-state index in [0.717, 1.165) is 20.8 Å². The van der Waals surface area contributed by atoms with E-state index in [2.05, 4.69) is 15.3 Å². The first-order valence-electron chi connectivity index (χ1n) is 8.19. The highest BCUT2D eigenvalue weighted by Crippen LogP contribution is 2.28. The van der Waals surface area contributed by atoms with Crippen LogP contribution in [0.15, 0.2) is 58.5 Å². The second-order valence-corrected chi connectivity index (χ2v) is 7.66. The molecule has 2 amide bonds. The summed E-state index contributed by atoms with van der Waals surface area (Å²) in [6, 6.07) is 15.1. The van der Waals surface area contributed by atoms with Gasteiger partial charge in [0.1, 0.15) is 10.9 Å². The number of thioether (sulfide) groups is 2. The zero-order chi connectivity index (χ0) is 19.2. The minimum atomic E-state index is -0.400. The molecule has 6 nitrogen and oxygen atoms in total. The number of rotatable bonds is 7. The number of nitrogens with two attached hydrogens (primary N) is 1. The van der Waals surface area contributed by atoms with Crippen molar-refractivity contribution in [2.45, 2.75) is 16.8 Å². The molecule has 0 saturated heterocycles. The Kier molecular flexibility index (Phi) is 6.31. The molecule has 0 atom stereocenters. The Labute approximate surface area is 165 Å². The standard InChI is InChI=1S/C19H18N4O2S2/c1-12-21-14-7-3-2-6-13(14)19(22-12)27-11-18(25)23-15-8-4-5-9-16(15)26-10-17(20)24/h2-9H,10-11H2,1H3,(H2,20,24)(H,23,25). The molecule has 3 rings (SSSR count). The van der Waals surface area contributed by atoms with Crippen molar-refractivity contribution in [2.24, 2.45) is 5.73 Å². The van der Waals surface area contributed by atoms with E-state index in [0.29, 0.717) is 11.5 Å². The van der Waals surface area contributed by atoms with Crippen LogP contribution in [0.25, 0.3) is 10.9 Å². The Morgan fingerprint density at radius 3 is 2.56 bits per heavy atom. The van der Waals surface area contributed by atoms with Gasteiger partial charge in [0.2, 0.25) is 11.8 Å². The van der Waals surface area contributed by atoms with E-state index in [1.807, 2.05) is 49.4 Å². The number of para-hydroxylation sites is 2. The highest BCUT2D eigenvalue weighted by atomic mass is 32.2. The fourth-order valence-electron chi connectivity index (χ4n) is 2.43. The van der Waals surface area contributed by atoms with Gasteiger partial charge in [0, 0.05) is 10.3 Å². The molecule has 1 aromatic heterocycles. The van der Waals surface area contributed by atoms with Crippen LogP contribution in [0.5, 0.6) is 0 Å². The Hall–Kier alpha value is -2.58. The van der Waals surface area contributed by atoms with Gasteiger partial charge >= 0.3 is 0 Å². The Morgan fingerprint density at radius 1 is 1.00 bits per heavy atom. The molecule has 0 aliphatic rings. The summed E-state index contributed by atoms with van der Waals surface area (Å²) >= 11 is 2.67. The number of anilines is 1. The maximum Gasteiger partial charge on any atom is 0.234 e. The van der Waals surface area contributed by atoms with Gasteiger partial charge in [-0.2, -0.15) is 0 Å². The van der Waals surface area contributed by atoms with Crippen molar-refractivity contribution in [3.63, 3.8) is 0 Å². The van der Waals surface area contributed by atoms with Gasteiger partial charge in [-0.3, -0.25) is 9.59 Å². The maximum absolute atomic E-state index is 12.4. The van der Waals surface area contributed by atoms with Gasteiger partial charge in [-0.15, -0.1) is 11.8 Å². The minimum Gasteiger partial charge on any atom is -0.369 e. The molecule has 3 aromatic rings. The van der Waals surface area contributed by atoms with Crippen molar-refractivity contribution < 1.29 is 9.59 Å². The average Bonchev–Trinajstić information content (AvgIpc) is 2.65. The van der Waals surface area contributed by atoms with Gasteiger partial charge in [0.05, 0.1) is 22.7 Å². The number of carbonyl (C=O) groups excluding carboxylic acids is 2. The second kappa shape index (κ2) is 8.88. The largest absolute Gasteiger partial charge is 0.369 e. The third-order valence-corrected chi connectivity index (χ3v) is 5.64. The van der Waals surface area contributed by atoms with Gasteiger partial charge in [-0.1, -0.05) is 42.1 Å². The number of hydrogen-bond acceptors (Lipinski definition) is 6. The zero-order valence-corrected chi connectivity index (χ0v) is 16.3. The monoisotopic (exact) mass is 398 g/mol. The summed E-state index contributed by atoms with van der Waals surface area (Å²) in [5.74, 6) is 0.503. The Bertz CT molecular complexity index is 994. The van der Waals surface area contributed by atoms with Gasteiger partial charge in [-0.05, 0) is 25.1 Å². The average molecular weight is 399 g/mol. The molecule has 0 unspecified atom stereocenters. The van der Waals surface area contributed by atoms with Crippen LogP contribution in [0.1, 0.15) is 5.82 Å². The minimum absolute atomic E-state index is 0.146. The number of hydrogen-bond donors (Lipinski definition) is 2. The lowest BCUT2D eigenvalue weighted by molar-refractivity contribution is -0.115. The summed E-state index contributed by atoms with van der Waals surface area (Å²) in [4.78, 5) is 33.1. The number of fused-ring (bicyclic) bond motifs is 1. The van der Waals surface area contributed by atoms with Gasteiger partial charge in [0.15, 0.2) is 0 Å². The lowest BCUT2D eigenvalue weighted by Crippen LogP contribution is -2.16. The first-order valence-corrected chi connectivity index (χ1v) is 10.2. The smallest absolute Gasteiger partial charge is 0.234 e. The van der Waals surface area contributed by atoms with Crippen LogP contribution in [0.4, 0.5) is 5.69 Å². The van der Waals surface area contributed by atoms with E-state index in [4.69, 9.17) is 5.73 Å². The van der Waals surface area contributed by atoms with E-state index in [9.17, 15) is 9.59 Å². The molecular formula is C19H18N4O2S2. The van der Waals surface area contributed by atoms with E-state index < -0.39 is 5.91 Å². The summed E-state index contributed by atoms with van der Waals surface area (Å²) in [5.41, 5.74) is 6.73. The van der Waals surface area contributed by atoms with Gasteiger partial charge in [-0.25, -0.2) is 9.97 Å². The van der Waals surface area contributed by atoms with Crippen LogP contribution < -0.4 is 11.1 Å². The zero-order valence-electron chi connectivity index (χ0n) is 14.6. The molecule has 0 radical (unpaired) electrons. The predicted octanol–water partition coefficient (Wildman–Crippen LogP) is 3.25. The van der Waals surface area contributed by atoms with Crippen LogP contribution in [-0.4, -0.2) is 33.3 Å². The fraction of sp³-hybridized carbons (Fsp3) is 0.158. The lowest BCUT2D eigenvalue weighted by Gasteiger charge is -2.10. The Morgan fingerprint density at radius 2 is 1.74 bits per heavy atom. The van der Waals surface area contributed by atoms with Crippen molar-refractivity contribution in [2.75, 3.05) is 16.8 Å². The molecule has 8 heteroatoms. The van der Waals surface area contributed by atoms with E-state index in [1.165, 1.54) is 23.5 Å². The number of nitrogens with zero attached hydrogens (tertiary/aromatic N) is 2. The molecular weight excluding hydrogens is 380 g/mol. The van der Waals surface area contributed by atoms with Crippen molar-refractivity contribution in [1.29, 1.82) is 0 Å². The van der Waals surface area contributed by atoms with E-state index >= 15 is 0 Å². The van der Waals surface area contributed by atoms with E-state index in [1.54, 1.807) is 6.07 Å². The molecule has 138 valence electrons. The molecule has 0 fully saturated rings. The number of carbonyl (C=O) groups is 2. The van der Waals surface area contributed by atoms with Crippen molar-refractivity contribution in [1.82, 2.24) is 9.97 Å². The van der Waals surface area contributed by atoms with Crippen LogP contribution in [0, 0.1) is 6.92 Å². The molecule has 27 heavy (non-hydrogen) atoms. The molecule has 2 aromatic carbocycles. The van der Waals surface area contributed by atoms with Crippen molar-refractivity contribution in [3.05, 3.63) is 54.4 Å². The Balaban J connectivity index is 1.68. The summed E-state index contributed by atoms with van der Waals surface area (Å²) in [6.07, 6.45) is 0. The number of benzene rings is 2. The van der Waals surface area contributed by atoms with Crippen molar-refractivity contribution >= 4 is 51.9 Å². The van der Waals surface area contributed by atoms with Crippen LogP contribution in [0.3, 0.4) is 0 Å². The first-order chi connectivity index (χ1) is 13.0. The topological polar surface area (TPSA) is 98.0 Å². The van der Waals surface area contributed by atoms with Crippen LogP contribution in [-0.2, 0) is 9.59 Å². The molecule has 1 heterocycles. The summed E-state index contributed by atoms with van der Waals surface area (Å²) in [7, 11) is 0. The number of aromatic nitrogens is 2. The number of nitrogens with one attached hydrogen (secondary N) is 1. The third-order valence-electron chi connectivity index (χ3n) is 3.55. The summed E-state index contributed by atoms with van der Waals surface area (Å²) in [6.45, 7) is 1.84. The second-order valence-electron chi connectivity index (χ2n) is 5.68. The summed E-state index contributed by atoms with van der Waals surface area (Å²) in [5, 5.41) is 4.60. The third kappa shape index (κ3) is 5.21. The van der Waals surface area contributed by atoms with Crippen LogP contribution in [0.2, 0.25) is 0 Å². The number of amides is 2. The molecule has 0 spiro atoms. The molecule has 0 saturated carbocycles. The lowest BCUT2D eigenvalue weighted by atomic mass is 10.2. The quantitative estimate of drug-likeness (QED) is 0.468. The summed E-state index contributed by atoms with van der Waals surface area (Å²) < 4.78 is 0. The predicted molar refractivity (Wildman–Crippen MR) is 110 cm³/mol. The molecule has 0 aliphatic carbocycles. The first kappa shape index (κ1) is 19.2.